The van der Waals surface area contributed by atoms with Crippen molar-refractivity contribution in [1.29, 1.82) is 0 Å². The van der Waals surface area contributed by atoms with Crippen LogP contribution in [0.2, 0.25) is 0 Å². The van der Waals surface area contributed by atoms with E-state index in [0.717, 1.165) is 17.5 Å². The molecule has 3 heteroatoms. The van der Waals surface area contributed by atoms with Gasteiger partial charge < -0.3 is 10.6 Å². The van der Waals surface area contributed by atoms with Crippen LogP contribution in [0.5, 0.6) is 0 Å². The molecule has 1 unspecified atom stereocenters. The molecule has 0 fully saturated rings. The monoisotopic (exact) mass is 282 g/mol. The molecule has 1 heterocycles. The highest BCUT2D eigenvalue weighted by Crippen LogP contribution is 2.38. The number of fused-ring (bicyclic) bond motifs is 1. The average Bonchev–Trinajstić information content (AvgIpc) is 2.73. The molecule has 1 atom stereocenters. The summed E-state index contributed by atoms with van der Waals surface area (Å²) < 4.78 is 0. The zero-order valence-electron chi connectivity index (χ0n) is 11.8. The number of rotatable bonds is 2. The van der Waals surface area contributed by atoms with E-state index in [0.29, 0.717) is 11.0 Å². The summed E-state index contributed by atoms with van der Waals surface area (Å²) in [6, 6.07) is 15.4. The van der Waals surface area contributed by atoms with Crippen molar-refractivity contribution in [3.8, 4) is 0 Å². The maximum Gasteiger partial charge on any atom is 0.104 e. The SMILES string of the molecule is Cc1cc(N2c3ccccc3CC2C)ccc1C(N)=S. The highest BCUT2D eigenvalue weighted by atomic mass is 32.1. The van der Waals surface area contributed by atoms with Crippen molar-refractivity contribution in [2.45, 2.75) is 26.3 Å². The Morgan fingerprint density at radius 2 is 2.00 bits per heavy atom. The number of para-hydroxylation sites is 1. The molecule has 0 bridgehead atoms. The lowest BCUT2D eigenvalue weighted by molar-refractivity contribution is 0.759. The molecule has 102 valence electrons. The fourth-order valence-corrected chi connectivity index (χ4v) is 3.26. The van der Waals surface area contributed by atoms with Gasteiger partial charge in [0, 0.05) is 23.0 Å². The predicted molar refractivity (Wildman–Crippen MR) is 88.8 cm³/mol. The second-order valence-corrected chi connectivity index (χ2v) is 5.86. The molecular formula is C17H18N2S. The summed E-state index contributed by atoms with van der Waals surface area (Å²) in [6.07, 6.45) is 1.09. The molecule has 2 aromatic rings. The van der Waals surface area contributed by atoms with E-state index in [4.69, 9.17) is 18.0 Å². The Bertz CT molecular complexity index is 678. The summed E-state index contributed by atoms with van der Waals surface area (Å²) in [5.74, 6) is 0. The number of nitrogens with two attached hydrogens (primary N) is 1. The van der Waals surface area contributed by atoms with Gasteiger partial charge in [0.2, 0.25) is 0 Å². The van der Waals surface area contributed by atoms with Crippen molar-refractivity contribution in [3.05, 3.63) is 59.2 Å². The van der Waals surface area contributed by atoms with Crippen LogP contribution in [0.15, 0.2) is 42.5 Å². The Morgan fingerprint density at radius 1 is 1.25 bits per heavy atom. The van der Waals surface area contributed by atoms with Crippen molar-refractivity contribution >= 4 is 28.6 Å². The van der Waals surface area contributed by atoms with Crippen molar-refractivity contribution < 1.29 is 0 Å². The van der Waals surface area contributed by atoms with Gasteiger partial charge in [-0.1, -0.05) is 30.4 Å². The van der Waals surface area contributed by atoms with Gasteiger partial charge >= 0.3 is 0 Å². The number of nitrogens with zero attached hydrogens (tertiary/aromatic N) is 1. The van der Waals surface area contributed by atoms with Gasteiger partial charge in [-0.3, -0.25) is 0 Å². The largest absolute Gasteiger partial charge is 0.389 e. The van der Waals surface area contributed by atoms with Crippen LogP contribution < -0.4 is 10.6 Å². The molecule has 0 spiro atoms. The Balaban J connectivity index is 2.06. The Labute approximate surface area is 125 Å². The Morgan fingerprint density at radius 3 is 2.70 bits per heavy atom. The van der Waals surface area contributed by atoms with Gasteiger partial charge in [0.05, 0.1) is 0 Å². The minimum atomic E-state index is 0.462. The fraction of sp³-hybridized carbons (Fsp3) is 0.235. The highest BCUT2D eigenvalue weighted by Gasteiger charge is 2.26. The first kappa shape index (κ1) is 13.1. The molecule has 0 amide bonds. The maximum absolute atomic E-state index is 5.74. The first-order chi connectivity index (χ1) is 9.58. The molecular weight excluding hydrogens is 264 g/mol. The van der Waals surface area contributed by atoms with Crippen molar-refractivity contribution in [3.63, 3.8) is 0 Å². The molecule has 0 saturated carbocycles. The van der Waals surface area contributed by atoms with Crippen molar-refractivity contribution in [2.75, 3.05) is 4.90 Å². The van der Waals surface area contributed by atoms with E-state index in [1.54, 1.807) is 0 Å². The molecule has 0 saturated heterocycles. The smallest absolute Gasteiger partial charge is 0.104 e. The second kappa shape index (κ2) is 4.91. The highest BCUT2D eigenvalue weighted by molar-refractivity contribution is 7.80. The number of anilines is 2. The topological polar surface area (TPSA) is 29.3 Å². The minimum Gasteiger partial charge on any atom is -0.389 e. The third-order valence-corrected chi connectivity index (χ3v) is 4.18. The van der Waals surface area contributed by atoms with Crippen LogP contribution in [0.4, 0.5) is 11.4 Å². The van der Waals surface area contributed by atoms with Gasteiger partial charge in [-0.2, -0.15) is 0 Å². The molecule has 1 aliphatic rings. The number of hydrogen-bond acceptors (Lipinski definition) is 2. The van der Waals surface area contributed by atoms with Gasteiger partial charge in [-0.05, 0) is 55.7 Å². The van der Waals surface area contributed by atoms with Crippen LogP contribution in [-0.2, 0) is 6.42 Å². The standard InChI is InChI=1S/C17H18N2S/c1-11-9-14(7-8-15(11)17(18)20)19-12(2)10-13-5-3-4-6-16(13)19/h3-9,12H,10H2,1-2H3,(H2,18,20). The Kier molecular flexibility index (Phi) is 3.22. The minimum absolute atomic E-state index is 0.462. The molecule has 2 N–H and O–H groups in total. The molecule has 2 aromatic carbocycles. The quantitative estimate of drug-likeness (QED) is 0.851. The number of aryl methyl sites for hydroxylation is 1. The normalized spacial score (nSPS) is 17.1. The lowest BCUT2D eigenvalue weighted by atomic mass is 10.1. The van der Waals surface area contributed by atoms with Crippen LogP contribution in [-0.4, -0.2) is 11.0 Å². The Hall–Kier alpha value is -1.87. The maximum atomic E-state index is 5.74. The van der Waals surface area contributed by atoms with Gasteiger partial charge in [-0.25, -0.2) is 0 Å². The van der Waals surface area contributed by atoms with E-state index in [-0.39, 0.29) is 0 Å². The van der Waals surface area contributed by atoms with Crippen LogP contribution in [0.25, 0.3) is 0 Å². The van der Waals surface area contributed by atoms with Crippen LogP contribution in [0.1, 0.15) is 23.6 Å². The van der Waals surface area contributed by atoms with Crippen LogP contribution >= 0.6 is 12.2 Å². The van der Waals surface area contributed by atoms with Gasteiger partial charge in [0.1, 0.15) is 4.99 Å². The summed E-state index contributed by atoms with van der Waals surface area (Å²) in [6.45, 7) is 4.32. The molecule has 20 heavy (non-hydrogen) atoms. The number of benzene rings is 2. The number of thiocarbonyl (C=S) groups is 1. The zero-order chi connectivity index (χ0) is 14.3. The van der Waals surface area contributed by atoms with E-state index in [2.05, 4.69) is 55.1 Å². The van der Waals surface area contributed by atoms with E-state index in [1.807, 2.05) is 6.07 Å². The lowest BCUT2D eigenvalue weighted by Gasteiger charge is -2.26. The first-order valence-electron chi connectivity index (χ1n) is 6.85. The zero-order valence-corrected chi connectivity index (χ0v) is 12.6. The average molecular weight is 282 g/mol. The first-order valence-corrected chi connectivity index (χ1v) is 7.26. The van der Waals surface area contributed by atoms with Crippen LogP contribution in [0.3, 0.4) is 0 Å². The van der Waals surface area contributed by atoms with Gasteiger partial charge in [-0.15, -0.1) is 0 Å². The summed E-state index contributed by atoms with van der Waals surface area (Å²) in [4.78, 5) is 2.86. The van der Waals surface area contributed by atoms with E-state index >= 15 is 0 Å². The predicted octanol–water partition coefficient (Wildman–Crippen LogP) is 3.71. The van der Waals surface area contributed by atoms with Crippen LogP contribution in [0, 0.1) is 6.92 Å². The molecule has 0 aliphatic carbocycles. The van der Waals surface area contributed by atoms with Crippen molar-refractivity contribution in [1.82, 2.24) is 0 Å². The molecule has 3 rings (SSSR count). The lowest BCUT2D eigenvalue weighted by Crippen LogP contribution is -2.24. The summed E-state index contributed by atoms with van der Waals surface area (Å²) in [7, 11) is 0. The molecule has 0 radical (unpaired) electrons. The third-order valence-electron chi connectivity index (χ3n) is 3.96. The number of hydrogen-bond donors (Lipinski definition) is 1. The van der Waals surface area contributed by atoms with Gasteiger partial charge in [0.15, 0.2) is 0 Å². The van der Waals surface area contributed by atoms with Gasteiger partial charge in [0.25, 0.3) is 0 Å². The second-order valence-electron chi connectivity index (χ2n) is 5.42. The molecule has 0 aromatic heterocycles. The summed E-state index contributed by atoms with van der Waals surface area (Å²) in [5.41, 5.74) is 11.8. The fourth-order valence-electron chi connectivity index (χ4n) is 3.03. The van der Waals surface area contributed by atoms with Crippen molar-refractivity contribution in [2.24, 2.45) is 5.73 Å². The summed E-state index contributed by atoms with van der Waals surface area (Å²) >= 11 is 5.08. The van der Waals surface area contributed by atoms with E-state index in [1.165, 1.54) is 16.9 Å². The molecule has 1 aliphatic heterocycles. The van der Waals surface area contributed by atoms with E-state index in [9.17, 15) is 0 Å². The molecule has 2 nitrogen and oxygen atoms in total. The third kappa shape index (κ3) is 2.08. The summed E-state index contributed by atoms with van der Waals surface area (Å²) in [5, 5.41) is 0. The van der Waals surface area contributed by atoms with E-state index < -0.39 is 0 Å².